The largest absolute Gasteiger partial charge is 0.466 e. The second-order valence-electron chi connectivity index (χ2n) is 5.02. The lowest BCUT2D eigenvalue weighted by atomic mass is 9.97. The molecule has 0 saturated carbocycles. The molecule has 2 unspecified atom stereocenters. The monoisotopic (exact) mass is 290 g/mol. The predicted octanol–water partition coefficient (Wildman–Crippen LogP) is 0.962. The summed E-state index contributed by atoms with van der Waals surface area (Å²) in [5.41, 5.74) is 0. The van der Waals surface area contributed by atoms with Crippen LogP contribution in [-0.4, -0.2) is 49.1 Å². The lowest BCUT2D eigenvalue weighted by molar-refractivity contribution is -0.151. The van der Waals surface area contributed by atoms with Gasteiger partial charge in [0.2, 0.25) is 5.91 Å². The predicted molar refractivity (Wildman–Crippen MR) is 74.2 cm³/mol. The minimum absolute atomic E-state index is 0. The highest BCUT2D eigenvalue weighted by Crippen LogP contribution is 2.20. The van der Waals surface area contributed by atoms with Crippen LogP contribution in [0, 0.1) is 5.92 Å². The second kappa shape index (κ2) is 7.70. The fraction of sp³-hybridized carbons (Fsp3) is 0.846. The quantitative estimate of drug-likeness (QED) is 0.787. The number of hydrogen-bond donors (Lipinski definition) is 1. The van der Waals surface area contributed by atoms with Gasteiger partial charge in [-0.3, -0.25) is 9.59 Å². The van der Waals surface area contributed by atoms with Crippen LogP contribution >= 0.6 is 12.4 Å². The van der Waals surface area contributed by atoms with E-state index in [0.29, 0.717) is 13.2 Å². The highest BCUT2D eigenvalue weighted by Gasteiger charge is 2.33. The Morgan fingerprint density at radius 1 is 1.32 bits per heavy atom. The van der Waals surface area contributed by atoms with Crippen molar-refractivity contribution in [3.8, 4) is 0 Å². The van der Waals surface area contributed by atoms with E-state index in [1.807, 2.05) is 11.8 Å². The highest BCUT2D eigenvalue weighted by molar-refractivity contribution is 5.85. The van der Waals surface area contributed by atoms with Crippen molar-refractivity contribution in [2.45, 2.75) is 38.6 Å². The Morgan fingerprint density at radius 3 is 2.74 bits per heavy atom. The molecule has 110 valence electrons. The Morgan fingerprint density at radius 2 is 2.11 bits per heavy atom. The van der Waals surface area contributed by atoms with Crippen LogP contribution in [0.5, 0.6) is 0 Å². The van der Waals surface area contributed by atoms with Crippen LogP contribution < -0.4 is 5.32 Å². The summed E-state index contributed by atoms with van der Waals surface area (Å²) < 4.78 is 5.04. The molecule has 2 saturated heterocycles. The van der Waals surface area contributed by atoms with Gasteiger partial charge in [0.15, 0.2) is 0 Å². The van der Waals surface area contributed by atoms with Gasteiger partial charge in [-0.05, 0) is 39.2 Å². The first-order valence-corrected chi connectivity index (χ1v) is 6.91. The van der Waals surface area contributed by atoms with Gasteiger partial charge >= 0.3 is 5.97 Å². The summed E-state index contributed by atoms with van der Waals surface area (Å²) >= 11 is 0. The number of esters is 1. The molecule has 2 rings (SSSR count). The van der Waals surface area contributed by atoms with Crippen LogP contribution in [0.25, 0.3) is 0 Å². The van der Waals surface area contributed by atoms with E-state index in [1.165, 1.54) is 0 Å². The van der Waals surface area contributed by atoms with Crippen molar-refractivity contribution in [3.05, 3.63) is 0 Å². The lowest BCUT2D eigenvalue weighted by Crippen LogP contribution is -2.49. The van der Waals surface area contributed by atoms with Crippen LogP contribution in [0.3, 0.4) is 0 Å². The topological polar surface area (TPSA) is 58.6 Å². The molecule has 1 N–H and O–H groups in total. The van der Waals surface area contributed by atoms with Gasteiger partial charge in [-0.25, -0.2) is 0 Å². The van der Waals surface area contributed by atoms with Gasteiger partial charge in [-0.2, -0.15) is 0 Å². The van der Waals surface area contributed by atoms with Gasteiger partial charge in [0.1, 0.15) is 0 Å². The number of carbonyl (C=O) groups excluding carboxylic acids is 2. The van der Waals surface area contributed by atoms with Gasteiger partial charge in [-0.15, -0.1) is 12.4 Å². The number of nitrogens with one attached hydrogen (secondary N) is 1. The smallest absolute Gasteiger partial charge is 0.310 e. The van der Waals surface area contributed by atoms with Crippen LogP contribution in [0.15, 0.2) is 0 Å². The molecule has 2 fully saturated rings. The van der Waals surface area contributed by atoms with Crippen molar-refractivity contribution in [1.29, 1.82) is 0 Å². The maximum atomic E-state index is 12.2. The summed E-state index contributed by atoms with van der Waals surface area (Å²) in [6.07, 6.45) is 3.70. The minimum atomic E-state index is -0.158. The summed E-state index contributed by atoms with van der Waals surface area (Å²) in [5.74, 6) is -0.139. The average molecular weight is 291 g/mol. The first-order chi connectivity index (χ1) is 8.72. The molecular weight excluding hydrogens is 268 g/mol. The number of likely N-dealkylation sites (tertiary alicyclic amines) is 1. The maximum absolute atomic E-state index is 12.2. The summed E-state index contributed by atoms with van der Waals surface area (Å²) in [6, 6.07) is -0.0362. The molecule has 0 aromatic rings. The highest BCUT2D eigenvalue weighted by atomic mass is 35.5. The third-order valence-electron chi connectivity index (χ3n) is 3.71. The fourth-order valence-corrected chi connectivity index (χ4v) is 2.75. The van der Waals surface area contributed by atoms with E-state index < -0.39 is 0 Å². The van der Waals surface area contributed by atoms with E-state index in [4.69, 9.17) is 4.74 Å². The van der Waals surface area contributed by atoms with E-state index >= 15 is 0 Å². The normalized spacial score (nSPS) is 26.7. The number of piperidine rings is 1. The molecule has 19 heavy (non-hydrogen) atoms. The van der Waals surface area contributed by atoms with Gasteiger partial charge in [0, 0.05) is 13.1 Å². The molecule has 2 aliphatic rings. The molecule has 0 radical (unpaired) electrons. The molecular formula is C13H23ClN2O3. The Labute approximate surface area is 120 Å². The number of ether oxygens (including phenoxy) is 1. The van der Waals surface area contributed by atoms with Gasteiger partial charge < -0.3 is 15.0 Å². The molecule has 6 heteroatoms. The summed E-state index contributed by atoms with van der Waals surface area (Å²) in [5, 5.41) is 3.22. The number of amides is 1. The summed E-state index contributed by atoms with van der Waals surface area (Å²) in [7, 11) is 0. The standard InChI is InChI=1S/C13H22N2O3.ClH/c1-2-18-13(17)10-5-4-8-15(9-10)12(16)11-6-3-7-14-11;/h10-11,14H,2-9H2,1H3;1H. The first kappa shape index (κ1) is 16.2. The van der Waals surface area contributed by atoms with E-state index in [1.54, 1.807) is 0 Å². The fourth-order valence-electron chi connectivity index (χ4n) is 2.75. The van der Waals surface area contributed by atoms with Crippen molar-refractivity contribution < 1.29 is 14.3 Å². The van der Waals surface area contributed by atoms with Crippen molar-refractivity contribution in [2.75, 3.05) is 26.2 Å². The second-order valence-corrected chi connectivity index (χ2v) is 5.02. The Kier molecular flexibility index (Phi) is 6.58. The van der Waals surface area contributed by atoms with Gasteiger partial charge in [0.05, 0.1) is 18.6 Å². The Bertz CT molecular complexity index is 319. The molecule has 0 bridgehead atoms. The Hall–Kier alpha value is -0.810. The van der Waals surface area contributed by atoms with E-state index in [-0.39, 0.29) is 36.2 Å². The van der Waals surface area contributed by atoms with Crippen LogP contribution in [-0.2, 0) is 14.3 Å². The van der Waals surface area contributed by atoms with E-state index in [2.05, 4.69) is 5.32 Å². The van der Waals surface area contributed by atoms with Crippen molar-refractivity contribution >= 4 is 24.3 Å². The third-order valence-corrected chi connectivity index (χ3v) is 3.71. The maximum Gasteiger partial charge on any atom is 0.310 e. The number of halogens is 1. The summed E-state index contributed by atoms with van der Waals surface area (Å²) in [4.78, 5) is 25.8. The number of carbonyl (C=O) groups is 2. The average Bonchev–Trinajstić information content (AvgIpc) is 2.92. The number of nitrogens with zero attached hydrogens (tertiary/aromatic N) is 1. The first-order valence-electron chi connectivity index (χ1n) is 6.91. The molecule has 2 aliphatic heterocycles. The lowest BCUT2D eigenvalue weighted by Gasteiger charge is -2.33. The zero-order chi connectivity index (χ0) is 13.0. The Balaban J connectivity index is 0.00000180. The number of hydrogen-bond acceptors (Lipinski definition) is 4. The molecule has 0 aliphatic carbocycles. The van der Waals surface area contributed by atoms with Crippen LogP contribution in [0.2, 0.25) is 0 Å². The number of rotatable bonds is 3. The van der Waals surface area contributed by atoms with Gasteiger partial charge in [-0.1, -0.05) is 0 Å². The molecule has 2 atom stereocenters. The zero-order valence-electron chi connectivity index (χ0n) is 11.4. The molecule has 2 heterocycles. The summed E-state index contributed by atoms with van der Waals surface area (Å²) in [6.45, 7) is 4.44. The van der Waals surface area contributed by atoms with Crippen molar-refractivity contribution in [1.82, 2.24) is 10.2 Å². The van der Waals surface area contributed by atoms with Crippen LogP contribution in [0.4, 0.5) is 0 Å². The molecule has 0 aromatic carbocycles. The zero-order valence-corrected chi connectivity index (χ0v) is 12.2. The van der Waals surface area contributed by atoms with Crippen LogP contribution in [0.1, 0.15) is 32.6 Å². The third kappa shape index (κ3) is 4.08. The van der Waals surface area contributed by atoms with E-state index in [0.717, 1.165) is 38.8 Å². The molecule has 1 amide bonds. The van der Waals surface area contributed by atoms with Gasteiger partial charge in [0.25, 0.3) is 0 Å². The minimum Gasteiger partial charge on any atom is -0.466 e. The van der Waals surface area contributed by atoms with E-state index in [9.17, 15) is 9.59 Å². The molecule has 0 spiro atoms. The molecule has 5 nitrogen and oxygen atoms in total. The molecule has 0 aromatic heterocycles. The SMILES string of the molecule is CCOC(=O)C1CCCN(C(=O)C2CCCN2)C1.Cl. The van der Waals surface area contributed by atoms with Crippen molar-refractivity contribution in [3.63, 3.8) is 0 Å². The van der Waals surface area contributed by atoms with Crippen molar-refractivity contribution in [2.24, 2.45) is 5.92 Å².